The lowest BCUT2D eigenvalue weighted by Gasteiger charge is -2.26. The first-order valence-corrected chi connectivity index (χ1v) is 5.83. The van der Waals surface area contributed by atoms with Crippen molar-refractivity contribution in [2.75, 3.05) is 39.4 Å². The summed E-state index contributed by atoms with van der Waals surface area (Å²) in [5, 5.41) is 24.4. The van der Waals surface area contributed by atoms with Crippen LogP contribution < -0.4 is 10.2 Å². The third-order valence-electron chi connectivity index (χ3n) is 3.03. The first-order valence-electron chi connectivity index (χ1n) is 5.83. The molecule has 10 nitrogen and oxygen atoms in total. The highest BCUT2D eigenvalue weighted by Crippen LogP contribution is 2.08. The molecule has 1 saturated heterocycles. The van der Waals surface area contributed by atoms with E-state index in [0.717, 1.165) is 11.8 Å². The quantitative estimate of drug-likeness (QED) is 0.308. The van der Waals surface area contributed by atoms with Crippen molar-refractivity contribution in [1.29, 1.82) is 0 Å². The average Bonchev–Trinajstić information content (AvgIpc) is 2.34. The molecule has 0 atom stereocenters. The molecule has 0 aliphatic carbocycles. The normalized spacial score (nSPS) is 16.9. The summed E-state index contributed by atoms with van der Waals surface area (Å²) in [5.41, 5.74) is -2.39. The Morgan fingerprint density at radius 2 is 1.84 bits per heavy atom. The molecule has 0 unspecified atom stereocenters. The number of morpholine rings is 1. The van der Waals surface area contributed by atoms with E-state index in [9.17, 15) is 25.0 Å². The van der Waals surface area contributed by atoms with Gasteiger partial charge in [0.2, 0.25) is 12.5 Å². The van der Waals surface area contributed by atoms with Gasteiger partial charge in [-0.2, -0.15) is 0 Å². The van der Waals surface area contributed by atoms with E-state index in [-0.39, 0.29) is 6.54 Å². The molecule has 0 aromatic heterocycles. The minimum Gasteiger partial charge on any atom is -0.370 e. The number of rotatable bonds is 6. The molecule has 1 amide bonds. The van der Waals surface area contributed by atoms with Gasteiger partial charge < -0.3 is 15.0 Å². The zero-order valence-corrected chi connectivity index (χ0v) is 10.6. The smallest absolute Gasteiger partial charge is 0.370 e. The van der Waals surface area contributed by atoms with Crippen molar-refractivity contribution in [3.63, 3.8) is 0 Å². The summed E-state index contributed by atoms with van der Waals surface area (Å²) < 4.78 is 5.10. The molecule has 1 rings (SSSR count). The van der Waals surface area contributed by atoms with Gasteiger partial charge in [0.1, 0.15) is 22.9 Å². The minimum atomic E-state index is -2.39. The Morgan fingerprint density at radius 1 is 1.32 bits per heavy atom. The van der Waals surface area contributed by atoms with E-state index in [0.29, 0.717) is 26.3 Å². The maximum atomic E-state index is 11.1. The number of amides is 1. The zero-order valence-electron chi connectivity index (χ0n) is 10.6. The highest BCUT2D eigenvalue weighted by molar-refractivity contribution is 5.72. The minimum absolute atomic E-state index is 0.281. The van der Waals surface area contributed by atoms with Crippen LogP contribution in [0.4, 0.5) is 0 Å². The van der Waals surface area contributed by atoms with E-state index in [4.69, 9.17) is 4.74 Å². The second-order valence-corrected chi connectivity index (χ2v) is 4.45. The molecule has 0 aromatic rings. The summed E-state index contributed by atoms with van der Waals surface area (Å²) in [6.07, 6.45) is 0. The van der Waals surface area contributed by atoms with Crippen molar-refractivity contribution in [3.8, 4) is 0 Å². The standard InChI is InChI=1S/C9H16N4O6/c1-8(14)10-6-9(12(15)16,13(17)18)7-11-2-4-19-5-3-11/h2-7H2,1H3,(H,10,14)/p+1. The van der Waals surface area contributed by atoms with E-state index >= 15 is 0 Å². The van der Waals surface area contributed by atoms with Crippen LogP contribution in [0.15, 0.2) is 0 Å². The number of quaternary nitrogens is 1. The van der Waals surface area contributed by atoms with Gasteiger partial charge in [0.15, 0.2) is 6.54 Å². The fraction of sp³-hybridized carbons (Fsp3) is 0.889. The van der Waals surface area contributed by atoms with Crippen molar-refractivity contribution in [3.05, 3.63) is 20.2 Å². The summed E-state index contributed by atoms with van der Waals surface area (Å²) in [5.74, 6) is -0.537. The molecule has 108 valence electrons. The molecule has 0 radical (unpaired) electrons. The van der Waals surface area contributed by atoms with Crippen LogP contribution in [-0.4, -0.2) is 60.8 Å². The van der Waals surface area contributed by atoms with Crippen LogP contribution in [0.5, 0.6) is 0 Å². The number of hydrogen-bond acceptors (Lipinski definition) is 6. The first kappa shape index (κ1) is 15.2. The van der Waals surface area contributed by atoms with Crippen LogP contribution in [-0.2, 0) is 9.53 Å². The molecule has 1 heterocycles. The van der Waals surface area contributed by atoms with Crippen molar-refractivity contribution in [2.24, 2.45) is 0 Å². The molecule has 19 heavy (non-hydrogen) atoms. The van der Waals surface area contributed by atoms with E-state index in [2.05, 4.69) is 5.32 Å². The van der Waals surface area contributed by atoms with E-state index in [1.165, 1.54) is 0 Å². The second kappa shape index (κ2) is 6.38. The highest BCUT2D eigenvalue weighted by atomic mass is 16.7. The Kier molecular flexibility index (Phi) is 5.12. The Morgan fingerprint density at radius 3 is 2.26 bits per heavy atom. The van der Waals surface area contributed by atoms with Gasteiger partial charge >= 0.3 is 5.66 Å². The number of nitrogens with one attached hydrogen (secondary N) is 2. The molecule has 1 fully saturated rings. The SMILES string of the molecule is CC(=O)NCC(C[NH+]1CCOCC1)([N+](=O)[O-])[N+](=O)[O-]. The molecular formula is C9H17N4O6+. The average molecular weight is 277 g/mol. The fourth-order valence-corrected chi connectivity index (χ4v) is 1.89. The predicted molar refractivity (Wildman–Crippen MR) is 61.8 cm³/mol. The van der Waals surface area contributed by atoms with Gasteiger partial charge in [0.05, 0.1) is 13.2 Å². The fourth-order valence-electron chi connectivity index (χ4n) is 1.89. The van der Waals surface area contributed by atoms with E-state index < -0.39 is 28.0 Å². The maximum absolute atomic E-state index is 11.1. The number of nitrogens with zero attached hydrogens (tertiary/aromatic N) is 2. The van der Waals surface area contributed by atoms with Gasteiger partial charge in [-0.1, -0.05) is 0 Å². The Balaban J connectivity index is 2.84. The molecule has 1 aliphatic heterocycles. The van der Waals surface area contributed by atoms with Crippen molar-refractivity contribution >= 4 is 5.91 Å². The maximum Gasteiger partial charge on any atom is 0.521 e. The monoisotopic (exact) mass is 277 g/mol. The van der Waals surface area contributed by atoms with Gasteiger partial charge in [-0.3, -0.25) is 25.0 Å². The van der Waals surface area contributed by atoms with E-state index in [1.54, 1.807) is 0 Å². The molecule has 0 aromatic carbocycles. The summed E-state index contributed by atoms with van der Waals surface area (Å²) in [6, 6.07) is 0. The van der Waals surface area contributed by atoms with Crippen LogP contribution in [0.2, 0.25) is 0 Å². The summed E-state index contributed by atoms with van der Waals surface area (Å²) in [6.45, 7) is 2.05. The van der Waals surface area contributed by atoms with Gasteiger partial charge in [0.25, 0.3) is 0 Å². The lowest BCUT2D eigenvalue weighted by molar-refractivity contribution is -0.956. The van der Waals surface area contributed by atoms with Crippen LogP contribution in [0.25, 0.3) is 0 Å². The second-order valence-electron chi connectivity index (χ2n) is 4.45. The molecule has 0 spiro atoms. The summed E-state index contributed by atoms with van der Waals surface area (Å²) in [4.78, 5) is 32.0. The van der Waals surface area contributed by atoms with Crippen molar-refractivity contribution in [2.45, 2.75) is 12.6 Å². The van der Waals surface area contributed by atoms with Gasteiger partial charge in [-0.05, 0) is 0 Å². The Labute approximate surface area is 109 Å². The van der Waals surface area contributed by atoms with E-state index in [1.807, 2.05) is 0 Å². The van der Waals surface area contributed by atoms with Crippen LogP contribution in [0.3, 0.4) is 0 Å². The first-order chi connectivity index (χ1) is 8.88. The Bertz CT molecular complexity index is 354. The third-order valence-corrected chi connectivity index (χ3v) is 3.03. The molecular weight excluding hydrogens is 260 g/mol. The number of ether oxygens (including phenoxy) is 1. The lowest BCUT2D eigenvalue weighted by atomic mass is 10.1. The summed E-state index contributed by atoms with van der Waals surface area (Å²) >= 11 is 0. The highest BCUT2D eigenvalue weighted by Gasteiger charge is 2.60. The van der Waals surface area contributed by atoms with Crippen LogP contribution in [0, 0.1) is 20.2 Å². The van der Waals surface area contributed by atoms with Crippen LogP contribution in [0.1, 0.15) is 6.92 Å². The van der Waals surface area contributed by atoms with Crippen LogP contribution >= 0.6 is 0 Å². The number of carbonyl (C=O) groups excluding carboxylic acids is 1. The topological polar surface area (TPSA) is 129 Å². The number of carbonyl (C=O) groups is 1. The number of nitro groups is 2. The summed E-state index contributed by atoms with van der Waals surface area (Å²) in [7, 11) is 0. The molecule has 2 N–H and O–H groups in total. The molecule has 10 heteroatoms. The van der Waals surface area contributed by atoms with Crippen molar-refractivity contribution in [1.82, 2.24) is 5.32 Å². The largest absolute Gasteiger partial charge is 0.521 e. The van der Waals surface area contributed by atoms with Gasteiger partial charge in [-0.25, -0.2) is 0 Å². The third kappa shape index (κ3) is 3.83. The van der Waals surface area contributed by atoms with Gasteiger partial charge in [-0.15, -0.1) is 0 Å². The molecule has 1 aliphatic rings. The predicted octanol–water partition coefficient (Wildman–Crippen LogP) is -2.71. The lowest BCUT2D eigenvalue weighted by Crippen LogP contribution is -3.16. The zero-order chi connectivity index (χ0) is 14.5. The van der Waals surface area contributed by atoms with Gasteiger partial charge in [0, 0.05) is 6.92 Å². The Hall–Kier alpha value is -1.81. The molecule has 0 saturated carbocycles. The van der Waals surface area contributed by atoms with Crippen molar-refractivity contribution < 1.29 is 24.3 Å². The number of hydrogen-bond donors (Lipinski definition) is 2. The molecule has 0 bridgehead atoms.